The molecule has 6 heteroatoms. The summed E-state index contributed by atoms with van der Waals surface area (Å²) in [5, 5.41) is 7.17. The molecule has 0 amide bonds. The van der Waals surface area contributed by atoms with Gasteiger partial charge in [0.25, 0.3) is 0 Å². The van der Waals surface area contributed by atoms with Crippen LogP contribution in [-0.4, -0.2) is 38.7 Å². The summed E-state index contributed by atoms with van der Waals surface area (Å²) in [5.74, 6) is -0.275. The Morgan fingerprint density at radius 3 is 2.69 bits per heavy atom. The maximum Gasteiger partial charge on any atom is 0.320 e. The monoisotopic (exact) mass is 373 g/mol. The fourth-order valence-corrected chi connectivity index (χ4v) is 3.09. The summed E-state index contributed by atoms with van der Waals surface area (Å²) in [4.78, 5) is 14.2. The quantitative estimate of drug-likeness (QED) is 0.731. The number of esters is 1. The van der Waals surface area contributed by atoms with Crippen LogP contribution in [0.25, 0.3) is 0 Å². The van der Waals surface area contributed by atoms with Crippen LogP contribution in [0.3, 0.4) is 0 Å². The van der Waals surface area contributed by atoms with Crippen molar-refractivity contribution in [2.45, 2.75) is 13.2 Å². The van der Waals surface area contributed by atoms with Crippen molar-refractivity contribution in [1.29, 1.82) is 0 Å². The number of benzene rings is 2. The molecule has 0 unspecified atom stereocenters. The average molecular weight is 374 g/mol. The van der Waals surface area contributed by atoms with Gasteiger partial charge >= 0.3 is 5.97 Å². The number of nitrogens with zero attached hydrogens (tertiary/aromatic N) is 1. The van der Waals surface area contributed by atoms with E-state index in [1.54, 1.807) is 0 Å². The second-order valence-electron chi connectivity index (χ2n) is 6.26. The van der Waals surface area contributed by atoms with Gasteiger partial charge in [-0.15, -0.1) is 0 Å². The molecular weight excluding hydrogens is 350 g/mol. The molecule has 2 aromatic carbocycles. The zero-order valence-electron chi connectivity index (χ0n) is 14.7. The molecule has 0 saturated carbocycles. The predicted octanol–water partition coefficient (Wildman–Crippen LogP) is 2.58. The van der Waals surface area contributed by atoms with E-state index in [0.29, 0.717) is 18.2 Å². The van der Waals surface area contributed by atoms with E-state index in [2.05, 4.69) is 21.6 Å². The third-order valence-electron chi connectivity index (χ3n) is 4.34. The second-order valence-corrected chi connectivity index (χ2v) is 6.67. The van der Waals surface area contributed by atoms with Crippen molar-refractivity contribution in [2.24, 2.45) is 0 Å². The van der Waals surface area contributed by atoms with E-state index >= 15 is 0 Å². The normalized spacial score (nSPS) is 14.3. The van der Waals surface area contributed by atoms with Gasteiger partial charge in [0.2, 0.25) is 0 Å². The average Bonchev–Trinajstić information content (AvgIpc) is 2.69. The molecule has 0 aromatic heterocycles. The maximum absolute atomic E-state index is 11.9. The predicted molar refractivity (Wildman–Crippen MR) is 104 cm³/mol. The highest BCUT2D eigenvalue weighted by molar-refractivity contribution is 6.31. The molecule has 1 heterocycles. The first-order valence-corrected chi connectivity index (χ1v) is 9.24. The molecule has 1 aliphatic rings. The van der Waals surface area contributed by atoms with Gasteiger partial charge in [-0.1, -0.05) is 41.9 Å². The summed E-state index contributed by atoms with van der Waals surface area (Å²) in [6, 6.07) is 15.7. The maximum atomic E-state index is 11.9. The van der Waals surface area contributed by atoms with Gasteiger partial charge in [0.1, 0.15) is 6.61 Å². The van der Waals surface area contributed by atoms with Gasteiger partial charge in [0, 0.05) is 43.4 Å². The highest BCUT2D eigenvalue weighted by Crippen LogP contribution is 2.23. The highest BCUT2D eigenvalue weighted by Gasteiger charge is 2.12. The van der Waals surface area contributed by atoms with Crippen LogP contribution in [0.15, 0.2) is 48.5 Å². The summed E-state index contributed by atoms with van der Waals surface area (Å²) in [5.41, 5.74) is 3.13. The van der Waals surface area contributed by atoms with E-state index in [9.17, 15) is 4.79 Å². The molecule has 138 valence electrons. The van der Waals surface area contributed by atoms with Crippen LogP contribution >= 0.6 is 11.6 Å². The first kappa shape index (κ1) is 18.7. The summed E-state index contributed by atoms with van der Waals surface area (Å²) in [7, 11) is 0. The van der Waals surface area contributed by atoms with E-state index in [1.165, 1.54) is 5.69 Å². The van der Waals surface area contributed by atoms with Crippen molar-refractivity contribution >= 4 is 23.3 Å². The first-order valence-electron chi connectivity index (χ1n) is 8.87. The number of hydrogen-bond donors (Lipinski definition) is 2. The van der Waals surface area contributed by atoms with Crippen LogP contribution in [0.1, 0.15) is 11.1 Å². The van der Waals surface area contributed by atoms with Crippen LogP contribution < -0.4 is 15.5 Å². The molecule has 0 bridgehead atoms. The standard InChI is InChI=1S/C20H24ClN3O2/c21-19-7-6-18(24-10-8-22-9-11-24)12-17(19)13-23-14-20(25)26-15-16-4-2-1-3-5-16/h1-7,12,22-23H,8-11,13-15H2. The number of hydrogen-bond acceptors (Lipinski definition) is 5. The minimum atomic E-state index is -0.275. The molecule has 0 radical (unpaired) electrons. The number of carbonyl (C=O) groups is 1. The summed E-state index contributed by atoms with van der Waals surface area (Å²) < 4.78 is 5.27. The minimum Gasteiger partial charge on any atom is -0.460 e. The SMILES string of the molecule is O=C(CNCc1cc(N2CCNCC2)ccc1Cl)OCc1ccccc1. The van der Waals surface area contributed by atoms with Gasteiger partial charge in [-0.3, -0.25) is 4.79 Å². The van der Waals surface area contributed by atoms with Crippen LogP contribution in [0.4, 0.5) is 5.69 Å². The fraction of sp³-hybridized carbons (Fsp3) is 0.350. The Morgan fingerprint density at radius 2 is 1.92 bits per heavy atom. The van der Waals surface area contributed by atoms with Crippen molar-refractivity contribution in [3.63, 3.8) is 0 Å². The molecular formula is C20H24ClN3O2. The van der Waals surface area contributed by atoms with Crippen LogP contribution in [0.2, 0.25) is 5.02 Å². The molecule has 26 heavy (non-hydrogen) atoms. The lowest BCUT2D eigenvalue weighted by Crippen LogP contribution is -2.43. The highest BCUT2D eigenvalue weighted by atomic mass is 35.5. The number of halogens is 1. The molecule has 3 rings (SSSR count). The van der Waals surface area contributed by atoms with Gasteiger partial charge in [-0.05, 0) is 29.3 Å². The third-order valence-corrected chi connectivity index (χ3v) is 4.71. The zero-order chi connectivity index (χ0) is 18.2. The molecule has 5 nitrogen and oxygen atoms in total. The van der Waals surface area contributed by atoms with E-state index in [1.807, 2.05) is 42.5 Å². The Labute approximate surface area is 159 Å². The Bertz CT molecular complexity index is 718. The Balaban J connectivity index is 1.47. The third kappa shape index (κ3) is 5.46. The van der Waals surface area contributed by atoms with Crippen LogP contribution in [0.5, 0.6) is 0 Å². The molecule has 1 saturated heterocycles. The Kier molecular flexibility index (Phi) is 6.89. The lowest BCUT2D eigenvalue weighted by atomic mass is 10.1. The van der Waals surface area contributed by atoms with Crippen molar-refractivity contribution in [1.82, 2.24) is 10.6 Å². The minimum absolute atomic E-state index is 0.154. The van der Waals surface area contributed by atoms with Crippen molar-refractivity contribution < 1.29 is 9.53 Å². The smallest absolute Gasteiger partial charge is 0.320 e. The molecule has 2 aromatic rings. The zero-order valence-corrected chi connectivity index (χ0v) is 15.5. The van der Waals surface area contributed by atoms with Gasteiger partial charge in [0.15, 0.2) is 0 Å². The van der Waals surface area contributed by atoms with Gasteiger partial charge in [-0.2, -0.15) is 0 Å². The Hall–Kier alpha value is -2.08. The van der Waals surface area contributed by atoms with Gasteiger partial charge < -0.3 is 20.3 Å². The van der Waals surface area contributed by atoms with Gasteiger partial charge in [-0.25, -0.2) is 0 Å². The molecule has 1 fully saturated rings. The van der Waals surface area contributed by atoms with Crippen LogP contribution in [-0.2, 0) is 22.7 Å². The Morgan fingerprint density at radius 1 is 1.15 bits per heavy atom. The number of ether oxygens (including phenoxy) is 1. The van der Waals surface area contributed by atoms with Crippen molar-refractivity contribution in [3.05, 3.63) is 64.7 Å². The lowest BCUT2D eigenvalue weighted by molar-refractivity contribution is -0.143. The number of nitrogens with one attached hydrogen (secondary N) is 2. The van der Waals surface area contributed by atoms with E-state index in [4.69, 9.17) is 16.3 Å². The fourth-order valence-electron chi connectivity index (χ4n) is 2.90. The molecule has 0 atom stereocenters. The van der Waals surface area contributed by atoms with E-state index < -0.39 is 0 Å². The summed E-state index contributed by atoms with van der Waals surface area (Å²) in [6.07, 6.45) is 0. The van der Waals surface area contributed by atoms with E-state index in [-0.39, 0.29) is 12.5 Å². The number of anilines is 1. The molecule has 1 aliphatic heterocycles. The molecule has 0 aliphatic carbocycles. The largest absolute Gasteiger partial charge is 0.460 e. The van der Waals surface area contributed by atoms with Crippen LogP contribution in [0, 0.1) is 0 Å². The second kappa shape index (κ2) is 9.57. The molecule has 0 spiro atoms. The van der Waals surface area contributed by atoms with E-state index in [0.717, 1.165) is 37.3 Å². The van der Waals surface area contributed by atoms with Gasteiger partial charge in [0.05, 0.1) is 6.54 Å². The van der Waals surface area contributed by atoms with Crippen molar-refractivity contribution in [3.8, 4) is 0 Å². The topological polar surface area (TPSA) is 53.6 Å². The number of piperazine rings is 1. The lowest BCUT2D eigenvalue weighted by Gasteiger charge is -2.30. The summed E-state index contributed by atoms with van der Waals surface area (Å²) in [6.45, 7) is 4.92. The number of carbonyl (C=O) groups excluding carboxylic acids is 1. The summed E-state index contributed by atoms with van der Waals surface area (Å²) >= 11 is 6.30. The molecule has 2 N–H and O–H groups in total. The van der Waals surface area contributed by atoms with Crippen molar-refractivity contribution in [2.75, 3.05) is 37.6 Å². The number of rotatable bonds is 7. The first-order chi connectivity index (χ1) is 12.7.